The molecule has 3 heterocycles. The molecule has 3 aromatic rings. The number of imidazole rings is 1. The SMILES string of the molecule is Cc1nc2cc(C(=O)N3CCC4(CC3)COc3ccccc34)ccc2n1CCO. The molecule has 0 radical (unpaired) electrons. The average Bonchev–Trinajstić information content (AvgIpc) is 3.26. The maximum atomic E-state index is 13.1. The Labute approximate surface area is 169 Å². The Morgan fingerprint density at radius 1 is 1.21 bits per heavy atom. The Bertz CT molecular complexity index is 1080. The van der Waals surface area contributed by atoms with Gasteiger partial charge in [-0.25, -0.2) is 4.98 Å². The van der Waals surface area contributed by atoms with Gasteiger partial charge in [0.25, 0.3) is 5.91 Å². The minimum atomic E-state index is 0.0392. The number of aliphatic hydroxyl groups excluding tert-OH is 1. The summed E-state index contributed by atoms with van der Waals surface area (Å²) in [4.78, 5) is 19.6. The van der Waals surface area contributed by atoms with E-state index in [0.29, 0.717) is 18.7 Å². The Balaban J connectivity index is 1.35. The second kappa shape index (κ2) is 6.88. The van der Waals surface area contributed by atoms with Crippen molar-refractivity contribution < 1.29 is 14.6 Å². The predicted octanol–water partition coefficient (Wildman–Crippen LogP) is 2.90. The topological polar surface area (TPSA) is 67.6 Å². The van der Waals surface area contributed by atoms with Crippen LogP contribution in [0.4, 0.5) is 0 Å². The molecule has 2 aliphatic rings. The minimum Gasteiger partial charge on any atom is -0.492 e. The quantitative estimate of drug-likeness (QED) is 0.746. The maximum absolute atomic E-state index is 13.1. The molecule has 6 heteroatoms. The molecule has 0 aliphatic carbocycles. The van der Waals surface area contributed by atoms with E-state index < -0.39 is 0 Å². The largest absolute Gasteiger partial charge is 0.492 e. The van der Waals surface area contributed by atoms with Crippen LogP contribution < -0.4 is 4.74 Å². The Kier molecular flexibility index (Phi) is 4.32. The summed E-state index contributed by atoms with van der Waals surface area (Å²) in [5.74, 6) is 1.90. The Hall–Kier alpha value is -2.86. The van der Waals surface area contributed by atoms with Crippen LogP contribution in [0.1, 0.15) is 34.6 Å². The standard InChI is InChI=1S/C23H25N3O3/c1-16-24-19-14-17(6-7-20(19)26(16)12-13-27)22(28)25-10-8-23(9-11-25)15-29-21-5-3-2-4-18(21)23/h2-7,14,27H,8-13,15H2,1H3. The Morgan fingerprint density at radius 3 is 2.79 bits per heavy atom. The van der Waals surface area contributed by atoms with Crippen molar-refractivity contribution in [3.8, 4) is 5.75 Å². The van der Waals surface area contributed by atoms with Crippen molar-refractivity contribution in [2.45, 2.75) is 31.7 Å². The number of hydrogen-bond acceptors (Lipinski definition) is 4. The van der Waals surface area contributed by atoms with Gasteiger partial charge in [0.1, 0.15) is 11.6 Å². The number of carbonyl (C=O) groups is 1. The third-order valence-electron chi connectivity index (χ3n) is 6.48. The second-order valence-electron chi connectivity index (χ2n) is 8.10. The summed E-state index contributed by atoms with van der Waals surface area (Å²) in [6.45, 7) is 4.66. The van der Waals surface area contributed by atoms with Crippen LogP contribution in [0.25, 0.3) is 11.0 Å². The first kappa shape index (κ1) is 18.2. The summed E-state index contributed by atoms with van der Waals surface area (Å²) < 4.78 is 7.90. The van der Waals surface area contributed by atoms with Crippen molar-refractivity contribution in [3.05, 3.63) is 59.4 Å². The van der Waals surface area contributed by atoms with Crippen molar-refractivity contribution in [1.29, 1.82) is 0 Å². The van der Waals surface area contributed by atoms with E-state index in [0.717, 1.165) is 48.5 Å². The van der Waals surface area contributed by atoms with Crippen molar-refractivity contribution in [1.82, 2.24) is 14.5 Å². The molecule has 0 saturated carbocycles. The van der Waals surface area contributed by atoms with Gasteiger partial charge in [0.2, 0.25) is 0 Å². The van der Waals surface area contributed by atoms with Crippen LogP contribution in [0, 0.1) is 6.92 Å². The molecule has 0 atom stereocenters. The molecule has 1 fully saturated rings. The lowest BCUT2D eigenvalue weighted by Gasteiger charge is -2.38. The van der Waals surface area contributed by atoms with E-state index in [1.165, 1.54) is 5.56 Å². The number of aryl methyl sites for hydroxylation is 1. The molecule has 0 bridgehead atoms. The molecule has 29 heavy (non-hydrogen) atoms. The molecule has 1 spiro atoms. The number of nitrogens with zero attached hydrogens (tertiary/aromatic N) is 3. The number of benzene rings is 2. The maximum Gasteiger partial charge on any atom is 0.253 e. The summed E-state index contributed by atoms with van der Waals surface area (Å²) in [6.07, 6.45) is 1.84. The van der Waals surface area contributed by atoms with Crippen molar-refractivity contribution in [2.75, 3.05) is 26.3 Å². The van der Waals surface area contributed by atoms with Gasteiger partial charge >= 0.3 is 0 Å². The van der Waals surface area contributed by atoms with E-state index >= 15 is 0 Å². The fourth-order valence-corrected chi connectivity index (χ4v) is 4.82. The van der Waals surface area contributed by atoms with Crippen LogP contribution in [0.2, 0.25) is 0 Å². The van der Waals surface area contributed by atoms with E-state index in [2.05, 4.69) is 17.1 Å². The number of piperidine rings is 1. The van der Waals surface area contributed by atoms with Crippen LogP contribution in [-0.4, -0.2) is 51.8 Å². The lowest BCUT2D eigenvalue weighted by molar-refractivity contribution is 0.0646. The summed E-state index contributed by atoms with van der Waals surface area (Å²) in [7, 11) is 0. The van der Waals surface area contributed by atoms with Gasteiger partial charge < -0.3 is 19.3 Å². The summed E-state index contributed by atoms with van der Waals surface area (Å²) in [5, 5.41) is 9.27. The molecule has 150 valence electrons. The van der Waals surface area contributed by atoms with Gasteiger partial charge in [-0.3, -0.25) is 4.79 Å². The van der Waals surface area contributed by atoms with Gasteiger partial charge in [0.05, 0.1) is 24.2 Å². The number of aliphatic hydroxyl groups is 1. The molecule has 1 amide bonds. The molecule has 2 aromatic carbocycles. The zero-order valence-electron chi connectivity index (χ0n) is 16.6. The first-order valence-electron chi connectivity index (χ1n) is 10.2. The molecule has 0 unspecified atom stereocenters. The monoisotopic (exact) mass is 391 g/mol. The van der Waals surface area contributed by atoms with Gasteiger partial charge in [-0.05, 0) is 44.0 Å². The third kappa shape index (κ3) is 2.90. The van der Waals surface area contributed by atoms with Crippen molar-refractivity contribution in [3.63, 3.8) is 0 Å². The number of para-hydroxylation sites is 1. The first-order chi connectivity index (χ1) is 14.1. The number of likely N-dealkylation sites (tertiary alicyclic amines) is 1. The number of aromatic nitrogens is 2. The molecular weight excluding hydrogens is 366 g/mol. The van der Waals surface area contributed by atoms with E-state index in [1.807, 2.05) is 46.7 Å². The highest BCUT2D eigenvalue weighted by molar-refractivity contribution is 5.97. The van der Waals surface area contributed by atoms with Crippen LogP contribution in [0.15, 0.2) is 42.5 Å². The lowest BCUT2D eigenvalue weighted by atomic mass is 9.74. The lowest BCUT2D eigenvalue weighted by Crippen LogP contribution is -2.46. The summed E-state index contributed by atoms with van der Waals surface area (Å²) in [6, 6.07) is 14.0. The molecule has 6 nitrogen and oxygen atoms in total. The van der Waals surface area contributed by atoms with Gasteiger partial charge in [-0.2, -0.15) is 0 Å². The molecule has 1 aromatic heterocycles. The highest BCUT2D eigenvalue weighted by Crippen LogP contribution is 2.45. The van der Waals surface area contributed by atoms with Crippen LogP contribution in [-0.2, 0) is 12.0 Å². The second-order valence-corrected chi connectivity index (χ2v) is 8.10. The van der Waals surface area contributed by atoms with Crippen LogP contribution in [0.5, 0.6) is 5.75 Å². The van der Waals surface area contributed by atoms with Crippen LogP contribution in [0.3, 0.4) is 0 Å². The summed E-state index contributed by atoms with van der Waals surface area (Å²) >= 11 is 0. The number of hydrogen-bond donors (Lipinski definition) is 1. The zero-order valence-corrected chi connectivity index (χ0v) is 16.6. The number of ether oxygens (including phenoxy) is 1. The number of rotatable bonds is 3. The smallest absolute Gasteiger partial charge is 0.253 e. The highest BCUT2D eigenvalue weighted by Gasteiger charge is 2.43. The fraction of sp³-hybridized carbons (Fsp3) is 0.391. The molecule has 1 N–H and O–H groups in total. The minimum absolute atomic E-state index is 0.0392. The van der Waals surface area contributed by atoms with Gasteiger partial charge in [-0.1, -0.05) is 18.2 Å². The third-order valence-corrected chi connectivity index (χ3v) is 6.48. The average molecular weight is 391 g/mol. The first-order valence-corrected chi connectivity index (χ1v) is 10.2. The van der Waals surface area contributed by atoms with E-state index in [9.17, 15) is 9.90 Å². The zero-order chi connectivity index (χ0) is 20.0. The van der Waals surface area contributed by atoms with Crippen LogP contribution >= 0.6 is 0 Å². The molecule has 1 saturated heterocycles. The fourth-order valence-electron chi connectivity index (χ4n) is 4.82. The van der Waals surface area contributed by atoms with E-state index in [4.69, 9.17) is 4.74 Å². The molecular formula is C23H25N3O3. The summed E-state index contributed by atoms with van der Waals surface area (Å²) in [5.41, 5.74) is 3.75. The normalized spacial score (nSPS) is 17.5. The van der Waals surface area contributed by atoms with E-state index in [1.54, 1.807) is 0 Å². The molecule has 5 rings (SSSR count). The van der Waals surface area contributed by atoms with Crippen molar-refractivity contribution in [2.24, 2.45) is 0 Å². The van der Waals surface area contributed by atoms with Gasteiger partial charge in [0.15, 0.2) is 0 Å². The predicted molar refractivity (Wildman–Crippen MR) is 110 cm³/mol. The molecule has 2 aliphatic heterocycles. The van der Waals surface area contributed by atoms with Crippen molar-refractivity contribution >= 4 is 16.9 Å². The number of carbonyl (C=O) groups excluding carboxylic acids is 1. The highest BCUT2D eigenvalue weighted by atomic mass is 16.5. The number of amides is 1. The number of fused-ring (bicyclic) bond motifs is 3. The Morgan fingerprint density at radius 2 is 2.00 bits per heavy atom. The van der Waals surface area contributed by atoms with Gasteiger partial charge in [0, 0.05) is 36.2 Å². The van der Waals surface area contributed by atoms with Gasteiger partial charge in [-0.15, -0.1) is 0 Å². The van der Waals surface area contributed by atoms with E-state index in [-0.39, 0.29) is 17.9 Å².